The predicted molar refractivity (Wildman–Crippen MR) is 118 cm³/mol. The zero-order chi connectivity index (χ0) is 24.3. The molecule has 176 valence electrons. The zero-order valence-corrected chi connectivity index (χ0v) is 18.8. The number of nitrogens with zero attached hydrogens (tertiary/aromatic N) is 4. The van der Waals surface area contributed by atoms with Crippen molar-refractivity contribution in [3.63, 3.8) is 0 Å². The van der Waals surface area contributed by atoms with E-state index in [4.69, 9.17) is 26.8 Å². The third-order valence-electron chi connectivity index (χ3n) is 4.70. The number of ether oxygens (including phenoxy) is 2. The Morgan fingerprint density at radius 1 is 1.39 bits per heavy atom. The van der Waals surface area contributed by atoms with E-state index in [0.29, 0.717) is 0 Å². The summed E-state index contributed by atoms with van der Waals surface area (Å²) in [6.45, 7) is 1.73. The highest BCUT2D eigenvalue weighted by Gasteiger charge is 2.21. The van der Waals surface area contributed by atoms with Crippen LogP contribution in [0.1, 0.15) is 22.8 Å². The smallest absolute Gasteiger partial charge is 0.412 e. The predicted octanol–water partition coefficient (Wildman–Crippen LogP) is 2.56. The van der Waals surface area contributed by atoms with Crippen molar-refractivity contribution in [2.45, 2.75) is 19.6 Å². The Bertz CT molecular complexity index is 1200. The molecule has 1 unspecified atom stereocenters. The van der Waals surface area contributed by atoms with Gasteiger partial charge >= 0.3 is 6.09 Å². The van der Waals surface area contributed by atoms with Crippen LogP contribution in [0.4, 0.5) is 20.7 Å². The van der Waals surface area contributed by atoms with Crippen LogP contribution in [0.25, 0.3) is 5.65 Å². The van der Waals surface area contributed by atoms with E-state index in [9.17, 15) is 19.1 Å². The average molecular weight is 481 g/mol. The van der Waals surface area contributed by atoms with Crippen molar-refractivity contribution in [1.29, 1.82) is 0 Å². The summed E-state index contributed by atoms with van der Waals surface area (Å²) in [4.78, 5) is 29.0. The zero-order valence-electron chi connectivity index (χ0n) is 18.0. The Kier molecular flexibility index (Phi) is 7.19. The number of anilines is 2. The van der Waals surface area contributed by atoms with Crippen LogP contribution in [0, 0.1) is 5.82 Å². The number of amides is 2. The summed E-state index contributed by atoms with van der Waals surface area (Å²) in [5, 5.41) is 16.0. The SMILES string of the molecule is COc1cc(F)c(COCC(C)NC(=O)c2cnn3c(N(C)C(=O)O)cc(Cl)nc23)cc1N. The fraction of sp³-hybridized carbons (Fsp3) is 0.300. The largest absolute Gasteiger partial charge is 0.494 e. The molecule has 0 aliphatic rings. The summed E-state index contributed by atoms with van der Waals surface area (Å²) >= 11 is 6.01. The number of hydrogen-bond acceptors (Lipinski definition) is 7. The molecule has 2 aromatic heterocycles. The quantitative estimate of drug-likeness (QED) is 0.329. The number of nitrogens with one attached hydrogen (secondary N) is 1. The number of aromatic nitrogens is 3. The van der Waals surface area contributed by atoms with Crippen molar-refractivity contribution in [3.05, 3.63) is 46.5 Å². The van der Waals surface area contributed by atoms with Crippen LogP contribution in [-0.2, 0) is 11.3 Å². The number of fused-ring (bicyclic) bond motifs is 1. The lowest BCUT2D eigenvalue weighted by molar-refractivity contribution is 0.0814. The number of methoxy groups -OCH3 is 1. The van der Waals surface area contributed by atoms with Gasteiger partial charge < -0.3 is 25.6 Å². The van der Waals surface area contributed by atoms with Crippen molar-refractivity contribution in [1.82, 2.24) is 19.9 Å². The lowest BCUT2D eigenvalue weighted by Gasteiger charge is -2.16. The molecule has 1 atom stereocenters. The van der Waals surface area contributed by atoms with E-state index < -0.39 is 23.9 Å². The molecule has 0 aliphatic heterocycles. The van der Waals surface area contributed by atoms with Gasteiger partial charge in [0, 0.05) is 30.8 Å². The lowest BCUT2D eigenvalue weighted by Crippen LogP contribution is -2.36. The van der Waals surface area contributed by atoms with Gasteiger partial charge in [0.15, 0.2) is 5.65 Å². The van der Waals surface area contributed by atoms with E-state index >= 15 is 0 Å². The van der Waals surface area contributed by atoms with Gasteiger partial charge in [-0.2, -0.15) is 9.61 Å². The molecule has 0 spiro atoms. The monoisotopic (exact) mass is 480 g/mol. The molecule has 2 heterocycles. The highest BCUT2D eigenvalue weighted by Crippen LogP contribution is 2.25. The molecular weight excluding hydrogens is 459 g/mol. The molecular formula is C20H22ClFN6O5. The third-order valence-corrected chi connectivity index (χ3v) is 4.89. The number of benzene rings is 1. The highest BCUT2D eigenvalue weighted by molar-refractivity contribution is 6.30. The lowest BCUT2D eigenvalue weighted by atomic mass is 10.2. The van der Waals surface area contributed by atoms with E-state index in [1.165, 1.54) is 43.1 Å². The second-order valence-corrected chi connectivity index (χ2v) is 7.53. The van der Waals surface area contributed by atoms with E-state index in [-0.39, 0.29) is 52.4 Å². The number of carboxylic acid groups (broad SMARTS) is 1. The number of nitrogen functional groups attached to an aromatic ring is 1. The minimum absolute atomic E-state index is 0.00248. The van der Waals surface area contributed by atoms with Gasteiger partial charge in [-0.15, -0.1) is 0 Å². The molecule has 3 rings (SSSR count). The number of halogens is 2. The molecule has 0 radical (unpaired) electrons. The van der Waals surface area contributed by atoms with Crippen molar-refractivity contribution in [2.75, 3.05) is 31.4 Å². The van der Waals surface area contributed by atoms with Gasteiger partial charge in [-0.25, -0.2) is 14.2 Å². The Morgan fingerprint density at radius 3 is 2.79 bits per heavy atom. The second kappa shape index (κ2) is 9.88. The fourth-order valence-electron chi connectivity index (χ4n) is 3.01. The Morgan fingerprint density at radius 2 is 2.12 bits per heavy atom. The number of carbonyl (C=O) groups excluding carboxylic acids is 1. The van der Waals surface area contributed by atoms with Crippen molar-refractivity contribution < 1.29 is 28.6 Å². The molecule has 33 heavy (non-hydrogen) atoms. The van der Waals surface area contributed by atoms with Crippen molar-refractivity contribution in [2.24, 2.45) is 0 Å². The van der Waals surface area contributed by atoms with E-state index in [1.54, 1.807) is 6.92 Å². The first-order chi connectivity index (χ1) is 15.6. The Balaban J connectivity index is 1.67. The maximum Gasteiger partial charge on any atom is 0.412 e. The maximum atomic E-state index is 14.1. The first-order valence-corrected chi connectivity index (χ1v) is 10.0. The summed E-state index contributed by atoms with van der Waals surface area (Å²) < 4.78 is 25.8. The van der Waals surface area contributed by atoms with Gasteiger partial charge in [0.05, 0.1) is 32.2 Å². The van der Waals surface area contributed by atoms with Gasteiger partial charge in [-0.3, -0.25) is 9.69 Å². The molecule has 0 fully saturated rings. The van der Waals surface area contributed by atoms with Gasteiger partial charge in [0.1, 0.15) is 28.1 Å². The molecule has 4 N–H and O–H groups in total. The molecule has 0 aliphatic carbocycles. The van der Waals surface area contributed by atoms with Crippen LogP contribution in [0.15, 0.2) is 24.4 Å². The standard InChI is InChI=1S/C20H22ClFN6O5/c1-10(8-33-9-11-4-14(23)15(32-3)5-13(11)22)25-19(29)12-7-24-28-17(27(2)20(30)31)6-16(21)26-18(12)28/h4-7,10H,8-9,23H2,1-3H3,(H,25,29)(H,30,31). The van der Waals surface area contributed by atoms with Gasteiger partial charge in [0.25, 0.3) is 5.91 Å². The van der Waals surface area contributed by atoms with Crippen LogP contribution >= 0.6 is 11.6 Å². The van der Waals surface area contributed by atoms with E-state index in [0.717, 1.165) is 4.90 Å². The molecule has 2 amide bonds. The van der Waals surface area contributed by atoms with Crippen LogP contribution in [0.5, 0.6) is 5.75 Å². The number of carbonyl (C=O) groups is 2. The van der Waals surface area contributed by atoms with Crippen LogP contribution < -0.4 is 20.7 Å². The highest BCUT2D eigenvalue weighted by atomic mass is 35.5. The number of rotatable bonds is 8. The summed E-state index contributed by atoms with van der Waals surface area (Å²) in [5.74, 6) is -0.681. The number of nitrogens with two attached hydrogens (primary N) is 1. The van der Waals surface area contributed by atoms with Crippen molar-refractivity contribution in [3.8, 4) is 5.75 Å². The molecule has 13 heteroatoms. The Hall–Kier alpha value is -3.64. The van der Waals surface area contributed by atoms with Gasteiger partial charge in [-0.1, -0.05) is 11.6 Å². The third kappa shape index (κ3) is 5.23. The number of hydrogen-bond donors (Lipinski definition) is 3. The van der Waals surface area contributed by atoms with E-state index in [1.807, 2.05) is 0 Å². The second-order valence-electron chi connectivity index (χ2n) is 7.15. The van der Waals surface area contributed by atoms with E-state index in [2.05, 4.69) is 15.4 Å². The molecule has 3 aromatic rings. The maximum absolute atomic E-state index is 14.1. The minimum atomic E-state index is -1.24. The van der Waals surface area contributed by atoms with Crippen LogP contribution in [0.2, 0.25) is 5.15 Å². The van der Waals surface area contributed by atoms with Gasteiger partial charge in [-0.05, 0) is 13.0 Å². The van der Waals surface area contributed by atoms with Crippen LogP contribution in [0.3, 0.4) is 0 Å². The van der Waals surface area contributed by atoms with Crippen LogP contribution in [-0.4, -0.2) is 58.5 Å². The molecule has 11 nitrogen and oxygen atoms in total. The first kappa shape index (κ1) is 24.0. The molecule has 0 saturated heterocycles. The van der Waals surface area contributed by atoms with Gasteiger partial charge in [0.2, 0.25) is 0 Å². The topological polar surface area (TPSA) is 144 Å². The molecule has 1 aromatic carbocycles. The summed E-state index contributed by atoms with van der Waals surface area (Å²) in [6, 6.07) is 3.47. The molecule has 0 bridgehead atoms. The summed E-state index contributed by atoms with van der Waals surface area (Å²) in [6.07, 6.45) is 0.0249. The summed E-state index contributed by atoms with van der Waals surface area (Å²) in [5.41, 5.74) is 6.51. The van der Waals surface area contributed by atoms with Crippen molar-refractivity contribution >= 4 is 40.8 Å². The Labute approximate surface area is 192 Å². The first-order valence-electron chi connectivity index (χ1n) is 9.63. The average Bonchev–Trinajstić information content (AvgIpc) is 3.18. The molecule has 0 saturated carbocycles. The fourth-order valence-corrected chi connectivity index (χ4v) is 3.19. The minimum Gasteiger partial charge on any atom is -0.494 e. The summed E-state index contributed by atoms with van der Waals surface area (Å²) in [7, 11) is 2.71. The normalized spacial score (nSPS) is 11.9.